The lowest BCUT2D eigenvalue weighted by atomic mass is 10.1. The van der Waals surface area contributed by atoms with E-state index in [2.05, 4.69) is 5.32 Å². The molecule has 2 aromatic rings. The van der Waals surface area contributed by atoms with Crippen LogP contribution in [-0.2, 0) is 0 Å². The lowest BCUT2D eigenvalue weighted by Gasteiger charge is -2.18. The molecule has 0 saturated carbocycles. The zero-order chi connectivity index (χ0) is 14.7. The minimum Gasteiger partial charge on any atom is -0.494 e. The lowest BCUT2D eigenvalue weighted by molar-refractivity contribution is 0.412. The van der Waals surface area contributed by atoms with E-state index in [0.717, 1.165) is 6.07 Å². The second-order valence-corrected chi connectivity index (χ2v) is 4.38. The predicted octanol–water partition coefficient (Wildman–Crippen LogP) is 4.29. The topological polar surface area (TPSA) is 21.3 Å². The largest absolute Gasteiger partial charge is 0.494 e. The van der Waals surface area contributed by atoms with E-state index >= 15 is 0 Å². The predicted molar refractivity (Wildman–Crippen MR) is 71.3 cm³/mol. The number of hydrogen-bond donors (Lipinski definition) is 1. The molecule has 0 spiro atoms. The van der Waals surface area contributed by atoms with Crippen molar-refractivity contribution in [3.8, 4) is 5.75 Å². The van der Waals surface area contributed by atoms with Gasteiger partial charge in [0.05, 0.1) is 18.8 Å². The first-order valence-corrected chi connectivity index (χ1v) is 6.06. The van der Waals surface area contributed by atoms with Crippen molar-refractivity contribution in [1.29, 1.82) is 0 Å². The van der Waals surface area contributed by atoms with Gasteiger partial charge in [-0.3, -0.25) is 0 Å². The molecule has 2 nitrogen and oxygen atoms in total. The number of anilines is 1. The summed E-state index contributed by atoms with van der Waals surface area (Å²) >= 11 is 0. The molecule has 0 aliphatic rings. The third kappa shape index (κ3) is 3.04. The summed E-state index contributed by atoms with van der Waals surface area (Å²) in [6.45, 7) is 1.72. The Balaban J connectivity index is 2.25. The first-order chi connectivity index (χ1) is 9.51. The molecule has 0 heterocycles. The van der Waals surface area contributed by atoms with E-state index in [1.807, 2.05) is 0 Å². The standard InChI is InChI=1S/C15H14F3NO/c1-9(12-5-3-10(16)7-13(12)18)19-14-6-4-11(17)8-15(14)20-2/h3-9,19H,1-2H3. The summed E-state index contributed by atoms with van der Waals surface area (Å²) in [5, 5.41) is 3.01. The van der Waals surface area contributed by atoms with Crippen molar-refractivity contribution in [2.24, 2.45) is 0 Å². The summed E-state index contributed by atoms with van der Waals surface area (Å²) in [5.74, 6) is -1.36. The van der Waals surface area contributed by atoms with Crippen LogP contribution in [0.1, 0.15) is 18.5 Å². The van der Waals surface area contributed by atoms with Crippen LogP contribution < -0.4 is 10.1 Å². The summed E-state index contributed by atoms with van der Waals surface area (Å²) in [5.41, 5.74) is 0.850. The number of rotatable bonds is 4. The van der Waals surface area contributed by atoms with Crippen molar-refractivity contribution in [2.45, 2.75) is 13.0 Å². The Hall–Kier alpha value is -2.17. The van der Waals surface area contributed by atoms with Crippen LogP contribution in [0.5, 0.6) is 5.75 Å². The van der Waals surface area contributed by atoms with Gasteiger partial charge >= 0.3 is 0 Å². The van der Waals surface area contributed by atoms with Gasteiger partial charge in [-0.15, -0.1) is 0 Å². The number of ether oxygens (including phenoxy) is 1. The maximum absolute atomic E-state index is 13.7. The van der Waals surface area contributed by atoms with Gasteiger partial charge in [0.1, 0.15) is 23.2 Å². The van der Waals surface area contributed by atoms with Crippen LogP contribution in [0, 0.1) is 17.5 Å². The zero-order valence-corrected chi connectivity index (χ0v) is 11.1. The van der Waals surface area contributed by atoms with Gasteiger partial charge in [0.25, 0.3) is 0 Å². The molecule has 0 aliphatic carbocycles. The summed E-state index contributed by atoms with van der Waals surface area (Å²) < 4.78 is 44.7. The maximum atomic E-state index is 13.7. The highest BCUT2D eigenvalue weighted by Crippen LogP contribution is 2.29. The highest BCUT2D eigenvalue weighted by Gasteiger charge is 2.14. The molecule has 0 aliphatic heterocycles. The van der Waals surface area contributed by atoms with Gasteiger partial charge in [0.15, 0.2) is 0 Å². The Kier molecular flexibility index (Phi) is 4.17. The molecular weight excluding hydrogens is 267 g/mol. The molecule has 2 rings (SSSR count). The molecule has 1 unspecified atom stereocenters. The third-order valence-electron chi connectivity index (χ3n) is 2.96. The van der Waals surface area contributed by atoms with E-state index < -0.39 is 23.5 Å². The number of hydrogen-bond acceptors (Lipinski definition) is 2. The SMILES string of the molecule is COc1cc(F)ccc1NC(C)c1ccc(F)cc1F. The fraction of sp³-hybridized carbons (Fsp3) is 0.200. The molecule has 0 saturated heterocycles. The molecule has 1 atom stereocenters. The Labute approximate surface area is 115 Å². The second-order valence-electron chi connectivity index (χ2n) is 4.38. The van der Waals surface area contributed by atoms with Gasteiger partial charge in [-0.2, -0.15) is 0 Å². The van der Waals surface area contributed by atoms with Gasteiger partial charge in [-0.1, -0.05) is 6.07 Å². The van der Waals surface area contributed by atoms with Crippen LogP contribution >= 0.6 is 0 Å². The number of halogens is 3. The molecule has 5 heteroatoms. The van der Waals surface area contributed by atoms with Crippen LogP contribution in [0.4, 0.5) is 18.9 Å². The molecular formula is C15H14F3NO. The van der Waals surface area contributed by atoms with Crippen molar-refractivity contribution in [2.75, 3.05) is 12.4 Å². The number of nitrogens with one attached hydrogen (secondary N) is 1. The molecule has 106 valence electrons. The van der Waals surface area contributed by atoms with E-state index in [-0.39, 0.29) is 0 Å². The van der Waals surface area contributed by atoms with Crippen LogP contribution in [-0.4, -0.2) is 7.11 Å². The number of benzene rings is 2. The monoisotopic (exact) mass is 281 g/mol. The zero-order valence-electron chi connectivity index (χ0n) is 11.1. The molecule has 0 fully saturated rings. The Morgan fingerprint density at radius 1 is 1.00 bits per heavy atom. The molecule has 1 N–H and O–H groups in total. The second kappa shape index (κ2) is 5.86. The van der Waals surface area contributed by atoms with Crippen molar-refractivity contribution < 1.29 is 17.9 Å². The molecule has 0 bridgehead atoms. The molecule has 0 amide bonds. The van der Waals surface area contributed by atoms with E-state index in [0.29, 0.717) is 17.0 Å². The van der Waals surface area contributed by atoms with E-state index in [4.69, 9.17) is 4.74 Å². The van der Waals surface area contributed by atoms with Crippen LogP contribution in [0.15, 0.2) is 36.4 Å². The maximum Gasteiger partial charge on any atom is 0.144 e. The number of methoxy groups -OCH3 is 1. The molecule has 20 heavy (non-hydrogen) atoms. The fourth-order valence-corrected chi connectivity index (χ4v) is 1.95. The fourth-order valence-electron chi connectivity index (χ4n) is 1.95. The average molecular weight is 281 g/mol. The van der Waals surface area contributed by atoms with Crippen molar-refractivity contribution in [1.82, 2.24) is 0 Å². The smallest absolute Gasteiger partial charge is 0.144 e. The Morgan fingerprint density at radius 2 is 1.65 bits per heavy atom. The van der Waals surface area contributed by atoms with Gasteiger partial charge < -0.3 is 10.1 Å². The summed E-state index contributed by atoms with van der Waals surface area (Å²) in [4.78, 5) is 0. The Morgan fingerprint density at radius 3 is 2.30 bits per heavy atom. The first kappa shape index (κ1) is 14.2. The molecule has 0 radical (unpaired) electrons. The quantitative estimate of drug-likeness (QED) is 0.902. The average Bonchev–Trinajstić information content (AvgIpc) is 2.40. The summed E-state index contributed by atoms with van der Waals surface area (Å²) in [7, 11) is 1.42. The highest BCUT2D eigenvalue weighted by molar-refractivity contribution is 5.57. The molecule has 2 aromatic carbocycles. The van der Waals surface area contributed by atoms with Crippen LogP contribution in [0.2, 0.25) is 0 Å². The van der Waals surface area contributed by atoms with Crippen molar-refractivity contribution >= 4 is 5.69 Å². The van der Waals surface area contributed by atoms with Crippen LogP contribution in [0.3, 0.4) is 0 Å². The van der Waals surface area contributed by atoms with E-state index in [1.54, 1.807) is 6.92 Å². The lowest BCUT2D eigenvalue weighted by Crippen LogP contribution is -2.09. The van der Waals surface area contributed by atoms with Crippen molar-refractivity contribution in [3.05, 3.63) is 59.4 Å². The summed E-state index contributed by atoms with van der Waals surface area (Å²) in [6.07, 6.45) is 0. The molecule has 0 aromatic heterocycles. The minimum absolute atomic E-state index is 0.317. The van der Waals surface area contributed by atoms with Gasteiger partial charge in [-0.05, 0) is 25.1 Å². The van der Waals surface area contributed by atoms with Gasteiger partial charge in [0, 0.05) is 17.7 Å². The third-order valence-corrected chi connectivity index (χ3v) is 2.96. The van der Waals surface area contributed by atoms with Crippen molar-refractivity contribution in [3.63, 3.8) is 0 Å². The van der Waals surface area contributed by atoms with Gasteiger partial charge in [0.2, 0.25) is 0 Å². The highest BCUT2D eigenvalue weighted by atomic mass is 19.1. The van der Waals surface area contributed by atoms with Gasteiger partial charge in [-0.25, -0.2) is 13.2 Å². The Bertz CT molecular complexity index is 616. The van der Waals surface area contributed by atoms with E-state index in [1.165, 1.54) is 37.4 Å². The minimum atomic E-state index is -0.633. The normalized spacial score (nSPS) is 12.1. The van der Waals surface area contributed by atoms with Crippen LogP contribution in [0.25, 0.3) is 0 Å². The van der Waals surface area contributed by atoms with E-state index in [9.17, 15) is 13.2 Å². The first-order valence-electron chi connectivity index (χ1n) is 6.06. The summed E-state index contributed by atoms with van der Waals surface area (Å²) in [6, 6.07) is 6.99.